The molecule has 22 heavy (non-hydrogen) atoms. The van der Waals surface area contributed by atoms with E-state index < -0.39 is 0 Å². The van der Waals surface area contributed by atoms with E-state index in [1.165, 1.54) is 17.1 Å². The number of amides is 1. The van der Waals surface area contributed by atoms with Crippen LogP contribution in [0.3, 0.4) is 0 Å². The second kappa shape index (κ2) is 6.58. The monoisotopic (exact) mass is 315 g/mol. The molecule has 5 heteroatoms. The third kappa shape index (κ3) is 3.36. The Bertz CT molecular complexity index is 640. The van der Waals surface area contributed by atoms with Gasteiger partial charge in [-0.3, -0.25) is 9.69 Å². The summed E-state index contributed by atoms with van der Waals surface area (Å²) >= 11 is 1.33. The average Bonchev–Trinajstić information content (AvgIpc) is 3.06. The molecule has 0 spiro atoms. The minimum absolute atomic E-state index is 0.00432. The van der Waals surface area contributed by atoms with Crippen LogP contribution in [0.5, 0.6) is 0 Å². The first kappa shape index (κ1) is 15.2. The summed E-state index contributed by atoms with van der Waals surface area (Å²) in [5.41, 5.74) is 2.84. The van der Waals surface area contributed by atoms with Gasteiger partial charge in [0.2, 0.25) is 0 Å². The average molecular weight is 315 g/mol. The van der Waals surface area contributed by atoms with Crippen LogP contribution in [-0.2, 0) is 6.54 Å². The molecule has 2 atom stereocenters. The first-order valence-electron chi connectivity index (χ1n) is 7.61. The van der Waals surface area contributed by atoms with Crippen molar-refractivity contribution in [3.63, 3.8) is 0 Å². The standard InChI is InChI=1S/C17H21N3OS/c1-12-8-20(9-14-6-4-3-5-7-14)10-16(12)18-17(21)15-11-22-19-13(15)2/h3-7,11-12,16H,8-10H2,1-2H3,(H,18,21)/t12-,16-/m1/s1. The van der Waals surface area contributed by atoms with Gasteiger partial charge in [0.15, 0.2) is 0 Å². The Morgan fingerprint density at radius 3 is 2.82 bits per heavy atom. The van der Waals surface area contributed by atoms with Gasteiger partial charge >= 0.3 is 0 Å². The SMILES string of the molecule is Cc1nscc1C(=O)N[C@@H]1CN(Cc2ccccc2)C[C@H]1C. The number of carbonyl (C=O) groups is 1. The Hall–Kier alpha value is -1.72. The van der Waals surface area contributed by atoms with Crippen molar-refractivity contribution in [2.45, 2.75) is 26.4 Å². The van der Waals surface area contributed by atoms with Crippen molar-refractivity contribution in [3.05, 3.63) is 52.5 Å². The number of nitrogens with one attached hydrogen (secondary N) is 1. The van der Waals surface area contributed by atoms with Gasteiger partial charge in [0.05, 0.1) is 11.3 Å². The predicted molar refractivity (Wildman–Crippen MR) is 89.0 cm³/mol. The van der Waals surface area contributed by atoms with E-state index in [9.17, 15) is 4.79 Å². The van der Waals surface area contributed by atoms with Crippen molar-refractivity contribution in [2.75, 3.05) is 13.1 Å². The van der Waals surface area contributed by atoms with Crippen LogP contribution >= 0.6 is 11.5 Å². The lowest BCUT2D eigenvalue weighted by Crippen LogP contribution is -2.39. The van der Waals surface area contributed by atoms with Crippen molar-refractivity contribution in [2.24, 2.45) is 5.92 Å². The highest BCUT2D eigenvalue weighted by Gasteiger charge is 2.31. The smallest absolute Gasteiger partial charge is 0.254 e. The molecule has 1 amide bonds. The number of benzene rings is 1. The van der Waals surface area contributed by atoms with Crippen molar-refractivity contribution in [1.29, 1.82) is 0 Å². The second-order valence-electron chi connectivity index (χ2n) is 6.05. The molecule has 0 radical (unpaired) electrons. The molecule has 2 aromatic rings. The maximum atomic E-state index is 12.3. The Labute approximate surface area is 135 Å². The highest BCUT2D eigenvalue weighted by Crippen LogP contribution is 2.20. The minimum Gasteiger partial charge on any atom is -0.348 e. The van der Waals surface area contributed by atoms with Crippen molar-refractivity contribution in [1.82, 2.24) is 14.6 Å². The molecule has 1 fully saturated rings. The lowest BCUT2D eigenvalue weighted by molar-refractivity contribution is 0.0931. The summed E-state index contributed by atoms with van der Waals surface area (Å²) in [7, 11) is 0. The van der Waals surface area contributed by atoms with Crippen molar-refractivity contribution in [3.8, 4) is 0 Å². The zero-order valence-corrected chi connectivity index (χ0v) is 13.8. The van der Waals surface area contributed by atoms with Crippen LogP contribution in [0, 0.1) is 12.8 Å². The number of carbonyl (C=O) groups excluding carboxylic acids is 1. The molecule has 1 aliphatic rings. The fraction of sp³-hybridized carbons (Fsp3) is 0.412. The number of aromatic nitrogens is 1. The number of hydrogen-bond acceptors (Lipinski definition) is 4. The molecule has 116 valence electrons. The van der Waals surface area contributed by atoms with Crippen molar-refractivity contribution >= 4 is 17.4 Å². The van der Waals surface area contributed by atoms with Gasteiger partial charge in [-0.15, -0.1) is 0 Å². The molecule has 4 nitrogen and oxygen atoms in total. The summed E-state index contributed by atoms with van der Waals surface area (Å²) in [5, 5.41) is 5.00. The topological polar surface area (TPSA) is 45.2 Å². The Morgan fingerprint density at radius 1 is 1.36 bits per heavy atom. The normalized spacial score (nSPS) is 21.9. The summed E-state index contributed by atoms with van der Waals surface area (Å²) in [6.45, 7) is 6.94. The number of hydrogen-bond donors (Lipinski definition) is 1. The molecular formula is C17H21N3OS. The highest BCUT2D eigenvalue weighted by atomic mass is 32.1. The van der Waals surface area contributed by atoms with E-state index in [0.717, 1.165) is 25.3 Å². The van der Waals surface area contributed by atoms with E-state index in [-0.39, 0.29) is 11.9 Å². The van der Waals surface area contributed by atoms with E-state index in [4.69, 9.17) is 0 Å². The van der Waals surface area contributed by atoms with E-state index in [1.807, 2.05) is 18.4 Å². The molecule has 1 aromatic carbocycles. The number of nitrogens with zero attached hydrogens (tertiary/aromatic N) is 2. The van der Waals surface area contributed by atoms with Gasteiger partial charge in [0.1, 0.15) is 0 Å². The van der Waals surface area contributed by atoms with E-state index in [2.05, 4.69) is 45.8 Å². The van der Waals surface area contributed by atoms with E-state index in [1.54, 1.807) is 0 Å². The summed E-state index contributed by atoms with van der Waals surface area (Å²) < 4.78 is 4.17. The Balaban J connectivity index is 1.59. The number of aryl methyl sites for hydroxylation is 1. The molecule has 1 aromatic heterocycles. The van der Waals surface area contributed by atoms with Crippen LogP contribution in [0.25, 0.3) is 0 Å². The quantitative estimate of drug-likeness (QED) is 0.943. The van der Waals surface area contributed by atoms with Gasteiger partial charge in [0, 0.05) is 31.1 Å². The molecule has 0 aliphatic carbocycles. The van der Waals surface area contributed by atoms with Crippen LogP contribution in [0.1, 0.15) is 28.5 Å². The van der Waals surface area contributed by atoms with Gasteiger partial charge in [0.25, 0.3) is 5.91 Å². The zero-order valence-electron chi connectivity index (χ0n) is 13.0. The van der Waals surface area contributed by atoms with E-state index in [0.29, 0.717) is 11.5 Å². The molecule has 1 aliphatic heterocycles. The third-order valence-electron chi connectivity index (χ3n) is 4.25. The van der Waals surface area contributed by atoms with Gasteiger partial charge < -0.3 is 5.32 Å². The van der Waals surface area contributed by atoms with Crippen LogP contribution < -0.4 is 5.32 Å². The third-order valence-corrected chi connectivity index (χ3v) is 4.97. The number of likely N-dealkylation sites (tertiary alicyclic amines) is 1. The highest BCUT2D eigenvalue weighted by molar-refractivity contribution is 7.03. The maximum absolute atomic E-state index is 12.3. The lowest BCUT2D eigenvalue weighted by atomic mass is 10.1. The van der Waals surface area contributed by atoms with Crippen LogP contribution in [0.2, 0.25) is 0 Å². The number of rotatable bonds is 4. The molecule has 0 saturated carbocycles. The first-order chi connectivity index (χ1) is 10.6. The van der Waals surface area contributed by atoms with Crippen LogP contribution in [0.4, 0.5) is 0 Å². The summed E-state index contributed by atoms with van der Waals surface area (Å²) in [6, 6.07) is 10.7. The largest absolute Gasteiger partial charge is 0.348 e. The maximum Gasteiger partial charge on any atom is 0.254 e. The lowest BCUT2D eigenvalue weighted by Gasteiger charge is -2.17. The fourth-order valence-corrected chi connectivity index (χ4v) is 3.67. The molecule has 0 bridgehead atoms. The first-order valence-corrected chi connectivity index (χ1v) is 8.45. The summed E-state index contributed by atoms with van der Waals surface area (Å²) in [4.78, 5) is 14.7. The molecule has 1 N–H and O–H groups in total. The van der Waals surface area contributed by atoms with Crippen LogP contribution in [0.15, 0.2) is 35.7 Å². The minimum atomic E-state index is 0.00432. The van der Waals surface area contributed by atoms with E-state index >= 15 is 0 Å². The second-order valence-corrected chi connectivity index (χ2v) is 6.68. The molecule has 0 unspecified atom stereocenters. The molecule has 3 rings (SSSR count). The molecule has 2 heterocycles. The Morgan fingerprint density at radius 2 is 2.14 bits per heavy atom. The predicted octanol–water partition coefficient (Wildman–Crippen LogP) is 2.70. The summed E-state index contributed by atoms with van der Waals surface area (Å²) in [6.07, 6.45) is 0. The Kier molecular flexibility index (Phi) is 4.55. The van der Waals surface area contributed by atoms with Gasteiger partial charge in [-0.1, -0.05) is 37.3 Å². The van der Waals surface area contributed by atoms with Crippen LogP contribution in [-0.4, -0.2) is 34.3 Å². The fourth-order valence-electron chi connectivity index (χ4n) is 2.98. The summed E-state index contributed by atoms with van der Waals surface area (Å²) in [5.74, 6) is 0.462. The van der Waals surface area contributed by atoms with Gasteiger partial charge in [-0.2, -0.15) is 4.37 Å². The van der Waals surface area contributed by atoms with Crippen molar-refractivity contribution < 1.29 is 4.79 Å². The molecule has 1 saturated heterocycles. The van der Waals surface area contributed by atoms with Gasteiger partial charge in [-0.25, -0.2) is 0 Å². The molecular weight excluding hydrogens is 294 g/mol. The zero-order chi connectivity index (χ0) is 15.5. The van der Waals surface area contributed by atoms with Gasteiger partial charge in [-0.05, 0) is 29.9 Å².